The molecule has 0 nitrogen and oxygen atoms in total. The Kier molecular flexibility index (Phi) is 8.63. The van der Waals surface area contributed by atoms with E-state index >= 15 is 0 Å². The van der Waals surface area contributed by atoms with Gasteiger partial charge in [0.15, 0.2) is 0 Å². The van der Waals surface area contributed by atoms with Gasteiger partial charge in [-0.15, -0.1) is 0 Å². The lowest BCUT2D eigenvalue weighted by molar-refractivity contribution is 0.239. The summed E-state index contributed by atoms with van der Waals surface area (Å²) in [6.07, 6.45) is 25.6. The van der Waals surface area contributed by atoms with Gasteiger partial charge in [-0.3, -0.25) is 0 Å². The molecule has 0 heteroatoms. The van der Waals surface area contributed by atoms with Crippen LogP contribution in [0.3, 0.4) is 0 Å². The Morgan fingerprint density at radius 3 is 2.18 bits per heavy atom. The molecule has 0 spiro atoms. The van der Waals surface area contributed by atoms with Gasteiger partial charge in [-0.1, -0.05) is 90.2 Å². The SMILES string of the molecule is CCC=CC1CCCCC1CCCC[C@H]1CC[C@H](CC)CC1. The van der Waals surface area contributed by atoms with Crippen LogP contribution < -0.4 is 0 Å². The van der Waals surface area contributed by atoms with Crippen molar-refractivity contribution in [2.75, 3.05) is 0 Å². The van der Waals surface area contributed by atoms with Crippen LogP contribution in [0.25, 0.3) is 0 Å². The van der Waals surface area contributed by atoms with Crippen LogP contribution >= 0.6 is 0 Å². The van der Waals surface area contributed by atoms with Crippen molar-refractivity contribution in [2.24, 2.45) is 23.7 Å². The molecular formula is C22H40. The fourth-order valence-electron chi connectivity index (χ4n) is 4.93. The lowest BCUT2D eigenvalue weighted by Crippen LogP contribution is -2.18. The lowest BCUT2D eigenvalue weighted by Gasteiger charge is -2.30. The maximum absolute atomic E-state index is 2.55. The van der Waals surface area contributed by atoms with Gasteiger partial charge in [-0.05, 0) is 49.4 Å². The van der Waals surface area contributed by atoms with Crippen LogP contribution in [0, 0.1) is 23.7 Å². The normalized spacial score (nSPS) is 33.4. The number of hydrogen-bond acceptors (Lipinski definition) is 0. The first-order chi connectivity index (χ1) is 10.8. The number of rotatable bonds is 8. The zero-order valence-corrected chi connectivity index (χ0v) is 15.4. The van der Waals surface area contributed by atoms with E-state index in [2.05, 4.69) is 26.0 Å². The number of unbranched alkanes of at least 4 members (excludes halogenated alkanes) is 1. The van der Waals surface area contributed by atoms with Crippen molar-refractivity contribution in [3.63, 3.8) is 0 Å². The lowest BCUT2D eigenvalue weighted by atomic mass is 9.75. The zero-order valence-electron chi connectivity index (χ0n) is 15.4. The van der Waals surface area contributed by atoms with Crippen molar-refractivity contribution in [3.05, 3.63) is 12.2 Å². The van der Waals surface area contributed by atoms with E-state index in [1.54, 1.807) is 0 Å². The minimum Gasteiger partial charge on any atom is -0.0885 e. The molecule has 2 atom stereocenters. The molecule has 0 bridgehead atoms. The highest BCUT2D eigenvalue weighted by molar-refractivity contribution is 4.93. The van der Waals surface area contributed by atoms with Gasteiger partial charge in [0.05, 0.1) is 0 Å². The highest BCUT2D eigenvalue weighted by Gasteiger charge is 2.23. The van der Waals surface area contributed by atoms with Crippen LogP contribution in [-0.2, 0) is 0 Å². The van der Waals surface area contributed by atoms with Gasteiger partial charge in [0, 0.05) is 0 Å². The average Bonchev–Trinajstić information content (AvgIpc) is 2.58. The van der Waals surface area contributed by atoms with Gasteiger partial charge in [0.1, 0.15) is 0 Å². The van der Waals surface area contributed by atoms with Crippen molar-refractivity contribution in [2.45, 2.75) is 104 Å². The van der Waals surface area contributed by atoms with E-state index in [1.807, 2.05) is 0 Å². The second-order valence-electron chi connectivity index (χ2n) is 8.12. The molecule has 2 unspecified atom stereocenters. The Morgan fingerprint density at radius 1 is 0.773 bits per heavy atom. The molecule has 0 amide bonds. The summed E-state index contributed by atoms with van der Waals surface area (Å²) < 4.78 is 0. The summed E-state index contributed by atoms with van der Waals surface area (Å²) in [5, 5.41) is 0. The Bertz CT molecular complexity index is 295. The highest BCUT2D eigenvalue weighted by Crippen LogP contribution is 2.36. The summed E-state index contributed by atoms with van der Waals surface area (Å²) in [5.74, 6) is 4.05. The van der Waals surface area contributed by atoms with Crippen molar-refractivity contribution in [1.82, 2.24) is 0 Å². The smallest absolute Gasteiger partial charge is 0.0205 e. The molecular weight excluding hydrogens is 264 g/mol. The summed E-state index contributed by atoms with van der Waals surface area (Å²) in [5.41, 5.74) is 0. The molecule has 0 aromatic heterocycles. The number of allylic oxidation sites excluding steroid dienone is 2. The second kappa shape index (κ2) is 10.5. The molecule has 2 aliphatic carbocycles. The summed E-state index contributed by atoms with van der Waals surface area (Å²) in [6, 6.07) is 0. The fraction of sp³-hybridized carbons (Fsp3) is 0.909. The molecule has 0 aromatic rings. The quantitative estimate of drug-likeness (QED) is 0.321. The van der Waals surface area contributed by atoms with E-state index in [-0.39, 0.29) is 0 Å². The largest absolute Gasteiger partial charge is 0.0885 e. The predicted molar refractivity (Wildman–Crippen MR) is 99.1 cm³/mol. The topological polar surface area (TPSA) is 0 Å². The van der Waals surface area contributed by atoms with Gasteiger partial charge < -0.3 is 0 Å². The molecule has 2 fully saturated rings. The molecule has 0 aromatic carbocycles. The van der Waals surface area contributed by atoms with E-state index in [0.717, 1.165) is 23.7 Å². The van der Waals surface area contributed by atoms with E-state index < -0.39 is 0 Å². The van der Waals surface area contributed by atoms with E-state index in [9.17, 15) is 0 Å². The molecule has 0 heterocycles. The molecule has 0 radical (unpaired) electrons. The Labute approximate surface area is 140 Å². The summed E-state index contributed by atoms with van der Waals surface area (Å²) in [7, 11) is 0. The van der Waals surface area contributed by atoms with Crippen molar-refractivity contribution < 1.29 is 0 Å². The first-order valence-electron chi connectivity index (χ1n) is 10.5. The van der Waals surface area contributed by atoms with E-state index in [1.165, 1.54) is 89.9 Å². The average molecular weight is 305 g/mol. The van der Waals surface area contributed by atoms with Crippen LogP contribution in [0.4, 0.5) is 0 Å². The summed E-state index contributed by atoms with van der Waals surface area (Å²) in [4.78, 5) is 0. The molecule has 0 aliphatic heterocycles. The molecule has 2 saturated carbocycles. The molecule has 0 N–H and O–H groups in total. The first-order valence-corrected chi connectivity index (χ1v) is 10.5. The Hall–Kier alpha value is -0.260. The second-order valence-corrected chi connectivity index (χ2v) is 8.12. The monoisotopic (exact) mass is 304 g/mol. The molecule has 0 saturated heterocycles. The summed E-state index contributed by atoms with van der Waals surface area (Å²) >= 11 is 0. The maximum Gasteiger partial charge on any atom is -0.0205 e. The predicted octanol–water partition coefficient (Wildman–Crippen LogP) is 7.54. The minimum atomic E-state index is 0.911. The molecule has 2 rings (SSSR count). The Morgan fingerprint density at radius 2 is 1.45 bits per heavy atom. The standard InChI is InChI=1S/C22H40/c1-3-5-11-21-13-8-9-14-22(21)12-7-6-10-20-17-15-19(4-2)16-18-20/h5,11,19-22H,3-4,6-10,12-18H2,1-2H3/t19-,20-,21?,22?. The third-order valence-corrected chi connectivity index (χ3v) is 6.57. The zero-order chi connectivity index (χ0) is 15.6. The van der Waals surface area contributed by atoms with Crippen molar-refractivity contribution in [1.29, 1.82) is 0 Å². The summed E-state index contributed by atoms with van der Waals surface area (Å²) in [6.45, 7) is 4.64. The van der Waals surface area contributed by atoms with Gasteiger partial charge >= 0.3 is 0 Å². The van der Waals surface area contributed by atoms with Crippen LogP contribution in [0.2, 0.25) is 0 Å². The van der Waals surface area contributed by atoms with Crippen molar-refractivity contribution in [3.8, 4) is 0 Å². The fourth-order valence-corrected chi connectivity index (χ4v) is 4.93. The third-order valence-electron chi connectivity index (χ3n) is 6.57. The maximum atomic E-state index is 2.55. The van der Waals surface area contributed by atoms with Gasteiger partial charge in [-0.2, -0.15) is 0 Å². The Balaban J connectivity index is 1.60. The molecule has 22 heavy (non-hydrogen) atoms. The van der Waals surface area contributed by atoms with E-state index in [0.29, 0.717) is 0 Å². The van der Waals surface area contributed by atoms with Crippen LogP contribution in [0.1, 0.15) is 104 Å². The molecule has 2 aliphatic rings. The van der Waals surface area contributed by atoms with Crippen LogP contribution in [0.15, 0.2) is 12.2 Å². The van der Waals surface area contributed by atoms with Crippen LogP contribution in [-0.4, -0.2) is 0 Å². The van der Waals surface area contributed by atoms with Gasteiger partial charge in [0.2, 0.25) is 0 Å². The van der Waals surface area contributed by atoms with Gasteiger partial charge in [0.25, 0.3) is 0 Å². The first kappa shape index (κ1) is 18.1. The third kappa shape index (κ3) is 6.09. The highest BCUT2D eigenvalue weighted by atomic mass is 14.3. The van der Waals surface area contributed by atoms with Crippen LogP contribution in [0.5, 0.6) is 0 Å². The minimum absolute atomic E-state index is 0.911. The molecule has 128 valence electrons. The van der Waals surface area contributed by atoms with Crippen molar-refractivity contribution >= 4 is 0 Å². The van der Waals surface area contributed by atoms with E-state index in [4.69, 9.17) is 0 Å². The van der Waals surface area contributed by atoms with Gasteiger partial charge in [-0.25, -0.2) is 0 Å². The number of hydrogen-bond donors (Lipinski definition) is 0.